The summed E-state index contributed by atoms with van der Waals surface area (Å²) in [6.07, 6.45) is 5.41. The highest BCUT2D eigenvalue weighted by molar-refractivity contribution is 6.32. The highest BCUT2D eigenvalue weighted by Gasteiger charge is 2.04. The second-order valence-corrected chi connectivity index (χ2v) is 5.07. The lowest BCUT2D eigenvalue weighted by Gasteiger charge is -2.08. The second kappa shape index (κ2) is 6.41. The summed E-state index contributed by atoms with van der Waals surface area (Å²) in [5.74, 6) is 0.590. The van der Waals surface area contributed by atoms with E-state index in [0.717, 1.165) is 11.3 Å². The van der Waals surface area contributed by atoms with Crippen molar-refractivity contribution in [3.05, 3.63) is 93.5 Å². The van der Waals surface area contributed by atoms with E-state index in [4.69, 9.17) is 11.6 Å². The van der Waals surface area contributed by atoms with E-state index in [9.17, 15) is 4.79 Å². The van der Waals surface area contributed by atoms with Crippen molar-refractivity contribution in [1.29, 1.82) is 0 Å². The average molecular weight is 309 g/mol. The third-order valence-corrected chi connectivity index (χ3v) is 3.55. The van der Waals surface area contributed by atoms with Crippen LogP contribution in [0.1, 0.15) is 11.3 Å². The summed E-state index contributed by atoms with van der Waals surface area (Å²) in [6, 6.07) is 18.1. The normalized spacial score (nSPS) is 11.0. The molecule has 0 aliphatic heterocycles. The topological polar surface area (TPSA) is 34.9 Å². The Morgan fingerprint density at radius 2 is 1.73 bits per heavy atom. The molecule has 22 heavy (non-hydrogen) atoms. The van der Waals surface area contributed by atoms with Gasteiger partial charge in [0.2, 0.25) is 0 Å². The number of halogens is 1. The van der Waals surface area contributed by atoms with Gasteiger partial charge in [0.15, 0.2) is 0 Å². The fourth-order valence-electron chi connectivity index (χ4n) is 2.15. The molecule has 0 N–H and O–H groups in total. The van der Waals surface area contributed by atoms with Crippen molar-refractivity contribution in [2.75, 3.05) is 0 Å². The first kappa shape index (κ1) is 14.3. The van der Waals surface area contributed by atoms with Gasteiger partial charge in [-0.15, -0.1) is 0 Å². The van der Waals surface area contributed by atoms with Crippen molar-refractivity contribution in [3.8, 4) is 5.82 Å². The van der Waals surface area contributed by atoms with Gasteiger partial charge >= 0.3 is 0 Å². The van der Waals surface area contributed by atoms with E-state index in [1.165, 1.54) is 6.07 Å². The van der Waals surface area contributed by atoms with Crippen LogP contribution in [0.15, 0.2) is 71.7 Å². The third kappa shape index (κ3) is 3.00. The maximum Gasteiger partial charge on any atom is 0.256 e. The van der Waals surface area contributed by atoms with Crippen molar-refractivity contribution in [2.24, 2.45) is 0 Å². The van der Waals surface area contributed by atoms with Gasteiger partial charge in [0.1, 0.15) is 5.82 Å². The molecular weight excluding hydrogens is 296 g/mol. The zero-order chi connectivity index (χ0) is 15.4. The molecule has 0 bridgehead atoms. The van der Waals surface area contributed by atoms with Crippen LogP contribution in [-0.4, -0.2) is 9.55 Å². The van der Waals surface area contributed by atoms with Gasteiger partial charge in [0.25, 0.3) is 5.56 Å². The van der Waals surface area contributed by atoms with E-state index < -0.39 is 0 Å². The van der Waals surface area contributed by atoms with Crippen molar-refractivity contribution < 1.29 is 0 Å². The molecule has 0 amide bonds. The minimum absolute atomic E-state index is 0.125. The van der Waals surface area contributed by atoms with Crippen LogP contribution >= 0.6 is 11.6 Å². The fraction of sp³-hybridized carbons (Fsp3) is 0. The van der Waals surface area contributed by atoms with Crippen LogP contribution in [0.25, 0.3) is 18.0 Å². The van der Waals surface area contributed by atoms with Crippen LogP contribution in [0.5, 0.6) is 0 Å². The Labute approximate surface area is 133 Å². The van der Waals surface area contributed by atoms with Crippen LogP contribution in [0.4, 0.5) is 0 Å². The van der Waals surface area contributed by atoms with Crippen molar-refractivity contribution in [3.63, 3.8) is 0 Å². The van der Waals surface area contributed by atoms with Crippen LogP contribution < -0.4 is 5.56 Å². The largest absolute Gasteiger partial charge is 0.269 e. The lowest BCUT2D eigenvalue weighted by atomic mass is 10.2. The average Bonchev–Trinajstić information content (AvgIpc) is 2.55. The predicted molar refractivity (Wildman–Crippen MR) is 90.2 cm³/mol. The maximum atomic E-state index is 12.2. The summed E-state index contributed by atoms with van der Waals surface area (Å²) in [5.41, 5.74) is 1.51. The highest BCUT2D eigenvalue weighted by Crippen LogP contribution is 2.18. The van der Waals surface area contributed by atoms with Gasteiger partial charge in [0, 0.05) is 17.3 Å². The molecule has 0 radical (unpaired) electrons. The summed E-state index contributed by atoms with van der Waals surface area (Å²) < 4.78 is 1.56. The minimum Gasteiger partial charge on any atom is -0.269 e. The molecule has 3 aromatic rings. The number of hydrogen-bond donors (Lipinski definition) is 0. The van der Waals surface area contributed by atoms with Gasteiger partial charge in [-0.1, -0.05) is 48.0 Å². The van der Waals surface area contributed by atoms with E-state index in [-0.39, 0.29) is 5.56 Å². The summed E-state index contributed by atoms with van der Waals surface area (Å²) in [4.78, 5) is 16.4. The highest BCUT2D eigenvalue weighted by atomic mass is 35.5. The Bertz CT molecular complexity index is 870. The molecule has 0 saturated carbocycles. The molecule has 0 spiro atoms. The lowest BCUT2D eigenvalue weighted by molar-refractivity contribution is 0.929. The van der Waals surface area contributed by atoms with Gasteiger partial charge in [-0.05, 0) is 35.9 Å². The Hall–Kier alpha value is -2.65. The van der Waals surface area contributed by atoms with Crippen molar-refractivity contribution in [2.45, 2.75) is 0 Å². The van der Waals surface area contributed by atoms with E-state index in [2.05, 4.69) is 4.98 Å². The molecule has 3 rings (SSSR count). The van der Waals surface area contributed by atoms with E-state index >= 15 is 0 Å². The summed E-state index contributed by atoms with van der Waals surface area (Å²) in [5, 5.41) is 0.668. The summed E-state index contributed by atoms with van der Waals surface area (Å²) >= 11 is 6.15. The number of benzene rings is 1. The smallest absolute Gasteiger partial charge is 0.256 e. The zero-order valence-corrected chi connectivity index (χ0v) is 12.4. The Morgan fingerprint density at radius 3 is 2.50 bits per heavy atom. The molecule has 0 aliphatic rings. The molecule has 0 atom stereocenters. The van der Waals surface area contributed by atoms with E-state index in [1.54, 1.807) is 22.9 Å². The quantitative estimate of drug-likeness (QED) is 0.731. The van der Waals surface area contributed by atoms with Gasteiger partial charge in [0.05, 0.1) is 5.69 Å². The third-order valence-electron chi connectivity index (χ3n) is 3.20. The summed E-state index contributed by atoms with van der Waals surface area (Å²) in [6.45, 7) is 0. The molecular formula is C18H13ClN2O. The van der Waals surface area contributed by atoms with Crippen molar-refractivity contribution >= 4 is 23.8 Å². The number of aromatic nitrogens is 2. The summed E-state index contributed by atoms with van der Waals surface area (Å²) in [7, 11) is 0. The predicted octanol–water partition coefficient (Wildman–Crippen LogP) is 4.06. The lowest BCUT2D eigenvalue weighted by Crippen LogP contribution is -2.19. The molecule has 108 valence electrons. The first-order valence-electron chi connectivity index (χ1n) is 6.82. The van der Waals surface area contributed by atoms with Gasteiger partial charge < -0.3 is 0 Å². The Balaban J connectivity index is 2.07. The van der Waals surface area contributed by atoms with Crippen LogP contribution in [0, 0.1) is 0 Å². The van der Waals surface area contributed by atoms with Crippen LogP contribution in [-0.2, 0) is 0 Å². The molecule has 0 saturated heterocycles. The SMILES string of the molecule is O=c1cccc(/C=C/c2ccccc2Cl)n1-c1ccccn1. The van der Waals surface area contributed by atoms with Crippen LogP contribution in [0.2, 0.25) is 5.02 Å². The second-order valence-electron chi connectivity index (χ2n) is 4.67. The monoisotopic (exact) mass is 308 g/mol. The minimum atomic E-state index is -0.125. The van der Waals surface area contributed by atoms with E-state index in [1.807, 2.05) is 54.6 Å². The first-order chi connectivity index (χ1) is 10.8. The Kier molecular flexibility index (Phi) is 4.17. The number of nitrogens with zero attached hydrogens (tertiary/aromatic N) is 2. The van der Waals surface area contributed by atoms with Gasteiger partial charge in [-0.25, -0.2) is 4.98 Å². The van der Waals surface area contributed by atoms with Crippen molar-refractivity contribution in [1.82, 2.24) is 9.55 Å². The molecule has 1 aromatic carbocycles. The standard InChI is InChI=1S/C18H13ClN2O/c19-16-8-2-1-6-14(16)11-12-15-7-5-10-18(22)21(15)17-9-3-4-13-20-17/h1-13H/b12-11+. The number of hydrogen-bond acceptors (Lipinski definition) is 2. The molecule has 2 aromatic heterocycles. The first-order valence-corrected chi connectivity index (χ1v) is 7.19. The van der Waals surface area contributed by atoms with Gasteiger partial charge in [-0.3, -0.25) is 9.36 Å². The molecule has 3 nitrogen and oxygen atoms in total. The fourth-order valence-corrected chi connectivity index (χ4v) is 2.35. The Morgan fingerprint density at radius 1 is 0.909 bits per heavy atom. The van der Waals surface area contributed by atoms with Gasteiger partial charge in [-0.2, -0.15) is 0 Å². The molecule has 0 aliphatic carbocycles. The number of pyridine rings is 2. The number of rotatable bonds is 3. The molecule has 0 fully saturated rings. The molecule has 4 heteroatoms. The molecule has 0 unspecified atom stereocenters. The van der Waals surface area contributed by atoms with Crippen LogP contribution in [0.3, 0.4) is 0 Å². The maximum absolute atomic E-state index is 12.2. The van der Waals surface area contributed by atoms with E-state index in [0.29, 0.717) is 10.8 Å². The molecule has 2 heterocycles. The zero-order valence-electron chi connectivity index (χ0n) is 11.7.